The number of fused-ring (bicyclic) bond motifs is 12. The van der Waals surface area contributed by atoms with Gasteiger partial charge in [-0.3, -0.25) is 4.57 Å². The third-order valence-corrected chi connectivity index (χ3v) is 16.8. The fraction of sp³-hybridized carbons (Fsp3) is 0. The van der Waals surface area contributed by atoms with Gasteiger partial charge in [-0.1, -0.05) is 176 Å². The molecule has 0 N–H and O–H groups in total. The van der Waals surface area contributed by atoms with E-state index in [1.165, 1.54) is 65.5 Å². The molecule has 0 radical (unpaired) electrons. The second kappa shape index (κ2) is 18.2. The Labute approximate surface area is 471 Å². The molecule has 0 aliphatic rings. The molecule has 5 heterocycles. The molecule has 17 rings (SSSR count). The fourth-order valence-electron chi connectivity index (χ4n) is 13.1. The van der Waals surface area contributed by atoms with Gasteiger partial charge in [0.15, 0.2) is 0 Å². The molecule has 0 atom stereocenters. The third-order valence-electron chi connectivity index (χ3n) is 16.8. The van der Waals surface area contributed by atoms with Crippen molar-refractivity contribution in [2.45, 2.75) is 0 Å². The predicted molar refractivity (Wildman–Crippen MR) is 341 cm³/mol. The summed E-state index contributed by atoms with van der Waals surface area (Å²) >= 11 is 0. The van der Waals surface area contributed by atoms with Crippen LogP contribution in [0.25, 0.3) is 155 Å². The van der Waals surface area contributed by atoms with Gasteiger partial charge in [-0.15, -0.1) is 0 Å². The Hall–Kier alpha value is -11.1. The Kier molecular flexibility index (Phi) is 10.2. The second-order valence-corrected chi connectivity index (χ2v) is 21.4. The van der Waals surface area contributed by atoms with Crippen molar-refractivity contribution in [3.63, 3.8) is 0 Å². The molecule has 6 nitrogen and oxygen atoms in total. The molecule has 0 aliphatic heterocycles. The van der Waals surface area contributed by atoms with Crippen LogP contribution in [0.1, 0.15) is 0 Å². The Bertz CT molecular complexity index is 5390. The molecule has 5 aromatic heterocycles. The smallest absolute Gasteiger partial charge is 0.235 e. The maximum atomic E-state index is 5.53. The third kappa shape index (κ3) is 7.15. The number of benzene rings is 12. The van der Waals surface area contributed by atoms with Crippen molar-refractivity contribution in [3.05, 3.63) is 291 Å². The van der Waals surface area contributed by atoms with Gasteiger partial charge in [-0.25, -0.2) is 9.97 Å². The van der Waals surface area contributed by atoms with Crippen molar-refractivity contribution in [2.24, 2.45) is 0 Å². The Morgan fingerprint density at radius 2 is 0.488 bits per heavy atom. The van der Waals surface area contributed by atoms with Crippen molar-refractivity contribution in [1.82, 2.24) is 28.2 Å². The SMILES string of the molecule is c1ccc(-c2cc(-c3cccc(-n4c5ccccc5c5cc(-c6ccc7c(c6)c6ccccc6n7-c6ccccc6)ccc54)c3)nc(-n3c4ccccc4c4cc(-c5ccc6c(c5)c5ccccc5n6-c5ccccc5)ccc43)n2)cc1. The van der Waals surface area contributed by atoms with E-state index in [0.29, 0.717) is 5.95 Å². The fourth-order valence-corrected chi connectivity index (χ4v) is 13.1. The first-order valence-corrected chi connectivity index (χ1v) is 28.0. The van der Waals surface area contributed by atoms with Crippen LogP contribution in [0, 0.1) is 0 Å². The zero-order valence-corrected chi connectivity index (χ0v) is 44.4. The van der Waals surface area contributed by atoms with E-state index < -0.39 is 0 Å². The highest BCUT2D eigenvalue weighted by Gasteiger charge is 2.21. The zero-order chi connectivity index (χ0) is 53.8. The highest BCUT2D eigenvalue weighted by atomic mass is 15.2. The molecular formula is C76H48N6. The molecule has 0 fully saturated rings. The standard InChI is InChI=1S/C76H48N6/c1-4-19-49(20-5-1)66-48-67(78-76(77-66)82-71-34-17-13-30-61(71)65-47-53(38-42-75(65)82)51-36-40-73-63(45-51)59-28-11-15-32-69(59)80(73)56-24-8-3-9-25-56)54-21-18-26-57(43-54)81-70-33-16-12-29-60(70)64-46-52(37-41-74(64)81)50-35-39-72-62(44-50)58-27-10-14-31-68(58)79(72)55-22-6-2-7-23-55/h1-48H. The molecule has 17 aromatic rings. The van der Waals surface area contributed by atoms with Gasteiger partial charge in [-0.2, -0.15) is 0 Å². The van der Waals surface area contributed by atoms with Crippen LogP contribution in [0.15, 0.2) is 291 Å². The number of para-hydroxylation sites is 6. The molecule has 0 amide bonds. The maximum absolute atomic E-state index is 5.53. The predicted octanol–water partition coefficient (Wildman–Crippen LogP) is 19.5. The summed E-state index contributed by atoms with van der Waals surface area (Å²) in [5, 5.41) is 9.62. The number of hydrogen-bond acceptors (Lipinski definition) is 2. The normalized spacial score (nSPS) is 11.9. The first-order valence-electron chi connectivity index (χ1n) is 28.0. The summed E-state index contributed by atoms with van der Waals surface area (Å²) in [6.45, 7) is 0. The number of hydrogen-bond donors (Lipinski definition) is 0. The monoisotopic (exact) mass is 1040 g/mol. The van der Waals surface area contributed by atoms with Crippen LogP contribution in [0.4, 0.5) is 0 Å². The highest BCUT2D eigenvalue weighted by Crippen LogP contribution is 2.42. The topological polar surface area (TPSA) is 45.5 Å². The maximum Gasteiger partial charge on any atom is 0.235 e. The molecule has 0 unspecified atom stereocenters. The van der Waals surface area contributed by atoms with Gasteiger partial charge in [-0.05, 0) is 138 Å². The molecule has 0 aliphatic carbocycles. The molecule has 0 spiro atoms. The lowest BCUT2D eigenvalue weighted by molar-refractivity contribution is 0.995. The number of nitrogens with zero attached hydrogens (tertiary/aromatic N) is 6. The lowest BCUT2D eigenvalue weighted by Crippen LogP contribution is -2.04. The minimum absolute atomic E-state index is 0.614. The summed E-state index contributed by atoms with van der Waals surface area (Å²) < 4.78 is 9.39. The van der Waals surface area contributed by atoms with Crippen molar-refractivity contribution < 1.29 is 0 Å². The van der Waals surface area contributed by atoms with Gasteiger partial charge >= 0.3 is 0 Å². The average Bonchev–Trinajstić information content (AvgIpc) is 4.47. The van der Waals surface area contributed by atoms with E-state index in [1.807, 2.05) is 0 Å². The van der Waals surface area contributed by atoms with Gasteiger partial charge in [0.2, 0.25) is 5.95 Å². The van der Waals surface area contributed by atoms with Gasteiger partial charge in [0.25, 0.3) is 0 Å². The molecule has 0 bridgehead atoms. The summed E-state index contributed by atoms with van der Waals surface area (Å²) in [5.74, 6) is 0.614. The van der Waals surface area contributed by atoms with Crippen LogP contribution in [-0.4, -0.2) is 28.2 Å². The van der Waals surface area contributed by atoms with Crippen LogP contribution in [0.2, 0.25) is 0 Å². The van der Waals surface area contributed by atoms with E-state index >= 15 is 0 Å². The number of aromatic nitrogens is 6. The lowest BCUT2D eigenvalue weighted by atomic mass is 10.0. The van der Waals surface area contributed by atoms with E-state index in [2.05, 4.69) is 309 Å². The Morgan fingerprint density at radius 3 is 0.915 bits per heavy atom. The van der Waals surface area contributed by atoms with Crippen LogP contribution < -0.4 is 0 Å². The van der Waals surface area contributed by atoms with Crippen LogP contribution in [0.3, 0.4) is 0 Å². The summed E-state index contributed by atoms with van der Waals surface area (Å²) in [6.07, 6.45) is 0. The summed E-state index contributed by atoms with van der Waals surface area (Å²) in [4.78, 5) is 11.0. The molecule has 0 saturated carbocycles. The lowest BCUT2D eigenvalue weighted by Gasteiger charge is -2.13. The van der Waals surface area contributed by atoms with Gasteiger partial charge < -0.3 is 13.7 Å². The van der Waals surface area contributed by atoms with E-state index in [1.54, 1.807) is 0 Å². The molecular weight excluding hydrogens is 997 g/mol. The minimum Gasteiger partial charge on any atom is -0.309 e. The van der Waals surface area contributed by atoms with Crippen molar-refractivity contribution in [3.8, 4) is 67.8 Å². The summed E-state index contributed by atoms with van der Waals surface area (Å²) in [7, 11) is 0. The minimum atomic E-state index is 0.614. The second-order valence-electron chi connectivity index (χ2n) is 21.4. The Balaban J connectivity index is 0.785. The summed E-state index contributed by atoms with van der Waals surface area (Å²) in [6, 6.07) is 105. The van der Waals surface area contributed by atoms with E-state index in [0.717, 1.165) is 83.5 Å². The zero-order valence-electron chi connectivity index (χ0n) is 44.4. The highest BCUT2D eigenvalue weighted by molar-refractivity contribution is 6.15. The van der Waals surface area contributed by atoms with E-state index in [4.69, 9.17) is 9.97 Å². The summed E-state index contributed by atoms with van der Waals surface area (Å²) in [5.41, 5.74) is 20.9. The quantitative estimate of drug-likeness (QED) is 0.152. The van der Waals surface area contributed by atoms with E-state index in [-0.39, 0.29) is 0 Å². The van der Waals surface area contributed by atoms with Gasteiger partial charge in [0.05, 0.1) is 55.5 Å². The number of rotatable bonds is 8. The largest absolute Gasteiger partial charge is 0.309 e. The molecule has 12 aromatic carbocycles. The van der Waals surface area contributed by atoms with Crippen LogP contribution in [-0.2, 0) is 0 Å². The Morgan fingerprint density at radius 1 is 0.183 bits per heavy atom. The molecule has 6 heteroatoms. The average molecular weight is 1050 g/mol. The van der Waals surface area contributed by atoms with Crippen molar-refractivity contribution in [1.29, 1.82) is 0 Å². The van der Waals surface area contributed by atoms with Gasteiger partial charge in [0, 0.05) is 71.3 Å². The van der Waals surface area contributed by atoms with Crippen molar-refractivity contribution >= 4 is 87.2 Å². The van der Waals surface area contributed by atoms with Crippen molar-refractivity contribution in [2.75, 3.05) is 0 Å². The van der Waals surface area contributed by atoms with Crippen LogP contribution in [0.5, 0.6) is 0 Å². The van der Waals surface area contributed by atoms with Gasteiger partial charge in [0.1, 0.15) is 0 Å². The van der Waals surface area contributed by atoms with Crippen LogP contribution >= 0.6 is 0 Å². The molecule has 382 valence electrons. The molecule has 82 heavy (non-hydrogen) atoms. The first kappa shape index (κ1) is 45.9. The molecule has 0 saturated heterocycles. The first-order chi connectivity index (χ1) is 40.7. The van der Waals surface area contributed by atoms with E-state index in [9.17, 15) is 0 Å².